The van der Waals surface area contributed by atoms with Gasteiger partial charge in [0.2, 0.25) is 0 Å². The largest absolute Gasteiger partial charge is 0.386 e. The highest BCUT2D eigenvalue weighted by Gasteiger charge is 2.28. The van der Waals surface area contributed by atoms with Gasteiger partial charge in [-0.25, -0.2) is 0 Å². The van der Waals surface area contributed by atoms with Gasteiger partial charge in [-0.2, -0.15) is 0 Å². The van der Waals surface area contributed by atoms with E-state index in [4.69, 9.17) is 23.2 Å². The van der Waals surface area contributed by atoms with Crippen LogP contribution in [0.1, 0.15) is 5.56 Å². The van der Waals surface area contributed by atoms with Crippen molar-refractivity contribution in [2.24, 2.45) is 0 Å². The van der Waals surface area contributed by atoms with E-state index in [0.29, 0.717) is 10.6 Å². The second-order valence-corrected chi connectivity index (χ2v) is 4.35. The quantitative estimate of drug-likeness (QED) is 0.811. The highest BCUT2D eigenvalue weighted by Crippen LogP contribution is 2.37. The van der Waals surface area contributed by atoms with Crippen molar-refractivity contribution in [3.63, 3.8) is 0 Å². The number of allylic oxidation sites excluding steroid dienone is 2. The topological polar surface area (TPSA) is 40.5 Å². The van der Waals surface area contributed by atoms with Gasteiger partial charge in [0.1, 0.15) is 12.2 Å². The Bertz CT molecular complexity index is 451. The number of aliphatic hydroxyl groups is 2. The fraction of sp³-hybridized carbons (Fsp3) is 0.167. The van der Waals surface area contributed by atoms with E-state index in [2.05, 4.69) is 0 Å². The fourth-order valence-electron chi connectivity index (χ4n) is 1.62. The van der Waals surface area contributed by atoms with Crippen LogP contribution in [0.25, 0.3) is 5.57 Å². The summed E-state index contributed by atoms with van der Waals surface area (Å²) in [6, 6.07) is 9.28. The molecule has 0 aliphatic heterocycles. The van der Waals surface area contributed by atoms with E-state index in [1.54, 1.807) is 0 Å². The van der Waals surface area contributed by atoms with Crippen molar-refractivity contribution in [2.75, 3.05) is 0 Å². The number of hydrogen-bond acceptors (Lipinski definition) is 2. The molecule has 0 bridgehead atoms. The second kappa shape index (κ2) is 4.60. The summed E-state index contributed by atoms with van der Waals surface area (Å²) in [5.41, 5.74) is 1.39. The van der Waals surface area contributed by atoms with Crippen molar-refractivity contribution in [2.45, 2.75) is 12.2 Å². The highest BCUT2D eigenvalue weighted by atomic mass is 35.5. The lowest BCUT2D eigenvalue weighted by Crippen LogP contribution is -2.28. The van der Waals surface area contributed by atoms with Crippen molar-refractivity contribution in [3.05, 3.63) is 52.0 Å². The van der Waals surface area contributed by atoms with Gasteiger partial charge in [-0.1, -0.05) is 53.5 Å². The van der Waals surface area contributed by atoms with Crippen molar-refractivity contribution < 1.29 is 10.2 Å². The van der Waals surface area contributed by atoms with Gasteiger partial charge in [0, 0.05) is 10.6 Å². The predicted octanol–water partition coefficient (Wildman–Crippen LogP) is 2.49. The Morgan fingerprint density at radius 2 is 1.62 bits per heavy atom. The minimum absolute atomic E-state index is 0.172. The Kier molecular flexibility index (Phi) is 3.36. The van der Waals surface area contributed by atoms with Gasteiger partial charge in [-0.15, -0.1) is 0 Å². The monoisotopic (exact) mass is 256 g/mol. The SMILES string of the molecule is OC1C=C(Cl)C(c2ccccc2)=C(Cl)C1O. The normalized spacial score (nSPS) is 25.6. The molecule has 0 aromatic heterocycles. The van der Waals surface area contributed by atoms with E-state index in [0.717, 1.165) is 5.56 Å². The third-order valence-electron chi connectivity index (χ3n) is 2.44. The van der Waals surface area contributed by atoms with Gasteiger partial charge >= 0.3 is 0 Å². The van der Waals surface area contributed by atoms with Gasteiger partial charge in [0.05, 0.1) is 5.03 Å². The van der Waals surface area contributed by atoms with E-state index in [9.17, 15) is 10.2 Å². The van der Waals surface area contributed by atoms with Crippen molar-refractivity contribution in [1.29, 1.82) is 0 Å². The van der Waals surface area contributed by atoms with Crippen LogP contribution in [0, 0.1) is 0 Å². The average Bonchev–Trinajstić information content (AvgIpc) is 2.28. The predicted molar refractivity (Wildman–Crippen MR) is 65.2 cm³/mol. The molecule has 0 saturated carbocycles. The molecule has 0 saturated heterocycles. The number of hydrogen-bond donors (Lipinski definition) is 2. The lowest BCUT2D eigenvalue weighted by Gasteiger charge is -2.23. The first-order valence-corrected chi connectivity index (χ1v) is 5.55. The molecule has 0 spiro atoms. The summed E-state index contributed by atoms with van der Waals surface area (Å²) in [5.74, 6) is 0. The van der Waals surface area contributed by atoms with Crippen molar-refractivity contribution in [3.8, 4) is 0 Å². The molecule has 1 aromatic rings. The lowest BCUT2D eigenvalue weighted by molar-refractivity contribution is 0.0767. The van der Waals surface area contributed by atoms with Crippen LogP contribution in [0.3, 0.4) is 0 Å². The zero-order chi connectivity index (χ0) is 11.7. The Morgan fingerprint density at radius 3 is 2.25 bits per heavy atom. The molecular formula is C12H10Cl2O2. The molecule has 2 atom stereocenters. The van der Waals surface area contributed by atoms with Crippen molar-refractivity contribution >= 4 is 28.8 Å². The zero-order valence-electron chi connectivity index (χ0n) is 8.27. The molecule has 2 unspecified atom stereocenters. The third kappa shape index (κ3) is 2.02. The van der Waals surface area contributed by atoms with Crippen LogP contribution in [0.5, 0.6) is 0 Å². The standard InChI is InChI=1S/C12H10Cl2O2/c13-8-6-9(15)12(16)11(14)10(8)7-4-2-1-3-5-7/h1-6,9,12,15-16H. The summed E-state index contributed by atoms with van der Waals surface area (Å²) in [7, 11) is 0. The van der Waals surface area contributed by atoms with Gasteiger partial charge in [-0.05, 0) is 11.6 Å². The molecule has 84 valence electrons. The van der Waals surface area contributed by atoms with E-state index in [1.807, 2.05) is 30.3 Å². The van der Waals surface area contributed by atoms with Gasteiger partial charge in [0.25, 0.3) is 0 Å². The summed E-state index contributed by atoms with van der Waals surface area (Å²) >= 11 is 12.0. The molecular weight excluding hydrogens is 247 g/mol. The summed E-state index contributed by atoms with van der Waals surface area (Å²) in [4.78, 5) is 0. The number of halogens is 2. The maximum Gasteiger partial charge on any atom is 0.120 e. The van der Waals surface area contributed by atoms with E-state index in [-0.39, 0.29) is 5.03 Å². The molecule has 1 aliphatic carbocycles. The van der Waals surface area contributed by atoms with Crippen LogP contribution in [0.4, 0.5) is 0 Å². The van der Waals surface area contributed by atoms with Crippen LogP contribution in [0.15, 0.2) is 46.5 Å². The average molecular weight is 257 g/mol. The maximum absolute atomic E-state index is 9.65. The van der Waals surface area contributed by atoms with E-state index >= 15 is 0 Å². The first-order chi connectivity index (χ1) is 7.61. The second-order valence-electron chi connectivity index (χ2n) is 3.54. The molecule has 2 rings (SSSR count). The van der Waals surface area contributed by atoms with Gasteiger partial charge < -0.3 is 10.2 Å². The van der Waals surface area contributed by atoms with Crippen molar-refractivity contribution in [1.82, 2.24) is 0 Å². The third-order valence-corrected chi connectivity index (χ3v) is 3.17. The molecule has 0 amide bonds. The molecule has 1 aromatic carbocycles. The van der Waals surface area contributed by atoms with Gasteiger partial charge in [0.15, 0.2) is 0 Å². The van der Waals surface area contributed by atoms with E-state index in [1.165, 1.54) is 6.08 Å². The van der Waals surface area contributed by atoms with Crippen LogP contribution in [-0.2, 0) is 0 Å². The minimum atomic E-state index is -1.11. The van der Waals surface area contributed by atoms with Crippen LogP contribution in [0.2, 0.25) is 0 Å². The summed E-state index contributed by atoms with van der Waals surface area (Å²) in [6.45, 7) is 0. The minimum Gasteiger partial charge on any atom is -0.386 e. The van der Waals surface area contributed by atoms with Crippen LogP contribution >= 0.6 is 23.2 Å². The first-order valence-electron chi connectivity index (χ1n) is 4.80. The molecule has 16 heavy (non-hydrogen) atoms. The molecule has 1 aliphatic rings. The number of aliphatic hydroxyl groups excluding tert-OH is 2. The molecule has 0 fully saturated rings. The van der Waals surface area contributed by atoms with Crippen LogP contribution < -0.4 is 0 Å². The molecule has 2 N–H and O–H groups in total. The number of rotatable bonds is 1. The maximum atomic E-state index is 9.65. The molecule has 2 nitrogen and oxygen atoms in total. The van der Waals surface area contributed by atoms with E-state index < -0.39 is 12.2 Å². The lowest BCUT2D eigenvalue weighted by atomic mass is 9.96. The Hall–Kier alpha value is -0.800. The molecule has 4 heteroatoms. The smallest absolute Gasteiger partial charge is 0.120 e. The zero-order valence-corrected chi connectivity index (χ0v) is 9.78. The first kappa shape index (κ1) is 11.7. The summed E-state index contributed by atoms with van der Waals surface area (Å²) in [6.07, 6.45) is -0.771. The summed E-state index contributed by atoms with van der Waals surface area (Å²) in [5, 5.41) is 19.6. The Balaban J connectivity index is 2.52. The Labute approximate surface area is 103 Å². The van der Waals surface area contributed by atoms with Gasteiger partial charge in [-0.3, -0.25) is 0 Å². The Morgan fingerprint density at radius 1 is 1.00 bits per heavy atom. The van der Waals surface area contributed by atoms with Crippen LogP contribution in [-0.4, -0.2) is 22.4 Å². The fourth-order valence-corrected chi connectivity index (χ4v) is 2.35. The number of benzene rings is 1. The molecule has 0 radical (unpaired) electrons. The molecule has 0 heterocycles. The highest BCUT2D eigenvalue weighted by molar-refractivity contribution is 6.42. The summed E-state index contributed by atoms with van der Waals surface area (Å²) < 4.78 is 0.